The van der Waals surface area contributed by atoms with Gasteiger partial charge in [-0.15, -0.1) is 0 Å². The second-order valence-corrected chi connectivity index (χ2v) is 4.86. The molecule has 1 aromatic heterocycles. The van der Waals surface area contributed by atoms with Crippen molar-refractivity contribution in [1.29, 1.82) is 0 Å². The number of carbonyl (C=O) groups is 1. The lowest BCUT2D eigenvalue weighted by molar-refractivity contribution is 0.101. The smallest absolute Gasteiger partial charge is 0.164 e. The minimum absolute atomic E-state index is 0.0163. The van der Waals surface area contributed by atoms with E-state index in [2.05, 4.69) is 9.69 Å². The van der Waals surface area contributed by atoms with E-state index in [0.29, 0.717) is 12.2 Å². The minimum Gasteiger partial charge on any atom is -0.492 e. The lowest BCUT2D eigenvalue weighted by atomic mass is 10.2. The van der Waals surface area contributed by atoms with Crippen molar-refractivity contribution in [1.82, 2.24) is 4.37 Å². The van der Waals surface area contributed by atoms with Crippen molar-refractivity contribution in [2.24, 2.45) is 0 Å². The van der Waals surface area contributed by atoms with Gasteiger partial charge in [-0.05, 0) is 44.4 Å². The van der Waals surface area contributed by atoms with Crippen LogP contribution in [0.2, 0.25) is 0 Å². The molecule has 4 nitrogen and oxygen atoms in total. The minimum atomic E-state index is 0.0163. The van der Waals surface area contributed by atoms with Crippen LogP contribution in [-0.2, 0) is 0 Å². The van der Waals surface area contributed by atoms with Crippen molar-refractivity contribution in [3.05, 3.63) is 35.5 Å². The Morgan fingerprint density at radius 1 is 1.42 bits per heavy atom. The Hall–Kier alpha value is -1.88. The molecule has 0 radical (unpaired) electrons. The number of benzene rings is 1. The molecule has 1 N–H and O–H groups in total. The van der Waals surface area contributed by atoms with Gasteiger partial charge in [-0.1, -0.05) is 12.1 Å². The maximum absolute atomic E-state index is 11.6. The van der Waals surface area contributed by atoms with Crippen molar-refractivity contribution in [2.75, 3.05) is 11.9 Å². The maximum Gasteiger partial charge on any atom is 0.164 e. The van der Waals surface area contributed by atoms with E-state index in [1.165, 1.54) is 11.5 Å². The molecule has 100 valence electrons. The number of carbonyl (C=O) groups excluding carboxylic acids is 1. The number of nitrogens with zero attached hydrogens (tertiary/aromatic N) is 1. The Kier molecular flexibility index (Phi) is 4.16. The van der Waals surface area contributed by atoms with E-state index in [9.17, 15) is 4.79 Å². The second-order valence-electron chi connectivity index (χ2n) is 4.08. The van der Waals surface area contributed by atoms with Gasteiger partial charge in [0, 0.05) is 0 Å². The first-order valence-electron chi connectivity index (χ1n) is 6.09. The Morgan fingerprint density at radius 2 is 2.16 bits per heavy atom. The fourth-order valence-corrected chi connectivity index (χ4v) is 2.70. The second kappa shape index (κ2) is 5.84. The van der Waals surface area contributed by atoms with Gasteiger partial charge >= 0.3 is 0 Å². The van der Waals surface area contributed by atoms with E-state index in [1.807, 2.05) is 38.1 Å². The molecule has 0 bridgehead atoms. The average Bonchev–Trinajstić information content (AvgIpc) is 2.73. The number of para-hydroxylation sites is 2. The van der Waals surface area contributed by atoms with Crippen LogP contribution in [0.25, 0.3) is 0 Å². The van der Waals surface area contributed by atoms with Crippen LogP contribution in [0.3, 0.4) is 0 Å². The van der Waals surface area contributed by atoms with Gasteiger partial charge < -0.3 is 10.1 Å². The number of ether oxygens (including phenoxy) is 1. The van der Waals surface area contributed by atoms with Crippen LogP contribution in [0.15, 0.2) is 24.3 Å². The summed E-state index contributed by atoms with van der Waals surface area (Å²) in [6, 6.07) is 7.66. The lowest BCUT2D eigenvalue weighted by Gasteiger charge is -2.11. The molecule has 0 unspecified atom stereocenters. The highest BCUT2D eigenvalue weighted by molar-refractivity contribution is 7.10. The molecule has 0 aliphatic heterocycles. The monoisotopic (exact) mass is 276 g/mol. The van der Waals surface area contributed by atoms with Gasteiger partial charge in [0.05, 0.1) is 23.6 Å². The number of ketones is 1. The van der Waals surface area contributed by atoms with Crippen LogP contribution < -0.4 is 10.1 Å². The summed E-state index contributed by atoms with van der Waals surface area (Å²) < 4.78 is 9.78. The van der Waals surface area contributed by atoms with Crippen LogP contribution in [0.5, 0.6) is 5.75 Å². The van der Waals surface area contributed by atoms with Crippen LogP contribution >= 0.6 is 11.5 Å². The molecule has 5 heteroatoms. The van der Waals surface area contributed by atoms with Gasteiger partial charge in [-0.2, -0.15) is 4.37 Å². The predicted molar refractivity (Wildman–Crippen MR) is 77.7 cm³/mol. The Labute approximate surface area is 116 Å². The summed E-state index contributed by atoms with van der Waals surface area (Å²) in [6.45, 7) is 5.93. The standard InChI is InChI=1S/C14H16N2O2S/c1-4-18-12-8-6-5-7-11(12)15-14-13(10(3)17)9(2)16-19-14/h5-8,15H,4H2,1-3H3. The molecule has 0 spiro atoms. The zero-order chi connectivity index (χ0) is 13.8. The van der Waals surface area contributed by atoms with E-state index in [1.54, 1.807) is 6.92 Å². The number of Topliss-reactive ketones (excluding diaryl/α,β-unsaturated/α-hetero) is 1. The zero-order valence-electron chi connectivity index (χ0n) is 11.2. The van der Waals surface area contributed by atoms with E-state index in [0.717, 1.165) is 22.1 Å². The molecule has 19 heavy (non-hydrogen) atoms. The van der Waals surface area contributed by atoms with Gasteiger partial charge in [0.15, 0.2) is 5.78 Å². The van der Waals surface area contributed by atoms with Crippen molar-refractivity contribution >= 4 is 28.0 Å². The van der Waals surface area contributed by atoms with E-state index in [4.69, 9.17) is 4.74 Å². The number of rotatable bonds is 5. The van der Waals surface area contributed by atoms with Gasteiger partial charge in [-0.25, -0.2) is 0 Å². The first-order chi connectivity index (χ1) is 9.13. The fourth-order valence-electron chi connectivity index (χ4n) is 1.84. The van der Waals surface area contributed by atoms with E-state index < -0.39 is 0 Å². The van der Waals surface area contributed by atoms with E-state index >= 15 is 0 Å². The molecule has 0 amide bonds. The summed E-state index contributed by atoms with van der Waals surface area (Å²) in [5.41, 5.74) is 2.25. The van der Waals surface area contributed by atoms with Crippen LogP contribution in [0.1, 0.15) is 29.9 Å². The van der Waals surface area contributed by atoms with Crippen LogP contribution in [0, 0.1) is 6.92 Å². The van der Waals surface area contributed by atoms with Crippen LogP contribution in [-0.4, -0.2) is 16.8 Å². The summed E-state index contributed by atoms with van der Waals surface area (Å²) >= 11 is 1.29. The molecule has 1 heterocycles. The maximum atomic E-state index is 11.6. The number of aryl methyl sites for hydroxylation is 1. The molecular formula is C14H16N2O2S. The zero-order valence-corrected chi connectivity index (χ0v) is 12.0. The number of anilines is 2. The number of hydrogen-bond donors (Lipinski definition) is 1. The largest absolute Gasteiger partial charge is 0.492 e. The SMILES string of the molecule is CCOc1ccccc1Nc1snc(C)c1C(C)=O. The predicted octanol–water partition coefficient (Wildman–Crippen LogP) is 3.80. The lowest BCUT2D eigenvalue weighted by Crippen LogP contribution is -2.01. The Morgan fingerprint density at radius 3 is 2.84 bits per heavy atom. The molecule has 0 saturated heterocycles. The number of aromatic nitrogens is 1. The molecule has 2 aromatic rings. The summed E-state index contributed by atoms with van der Waals surface area (Å²) in [5, 5.41) is 4.00. The Balaban J connectivity index is 2.34. The van der Waals surface area contributed by atoms with Crippen molar-refractivity contribution in [3.8, 4) is 5.75 Å². The Bertz CT molecular complexity index is 593. The van der Waals surface area contributed by atoms with E-state index in [-0.39, 0.29) is 5.78 Å². The number of nitrogens with one attached hydrogen (secondary N) is 1. The quantitative estimate of drug-likeness (QED) is 0.844. The van der Waals surface area contributed by atoms with Crippen molar-refractivity contribution < 1.29 is 9.53 Å². The molecule has 1 aromatic carbocycles. The molecule has 0 fully saturated rings. The van der Waals surface area contributed by atoms with Crippen LogP contribution in [0.4, 0.5) is 10.7 Å². The summed E-state index contributed by atoms with van der Waals surface area (Å²) in [7, 11) is 0. The molecule has 0 aliphatic rings. The topological polar surface area (TPSA) is 51.2 Å². The molecular weight excluding hydrogens is 260 g/mol. The highest BCUT2D eigenvalue weighted by Crippen LogP contribution is 2.32. The summed E-state index contributed by atoms with van der Waals surface area (Å²) in [4.78, 5) is 11.6. The summed E-state index contributed by atoms with van der Waals surface area (Å²) in [5.74, 6) is 0.785. The van der Waals surface area contributed by atoms with Gasteiger partial charge in [0.2, 0.25) is 0 Å². The highest BCUT2D eigenvalue weighted by atomic mass is 32.1. The van der Waals surface area contributed by atoms with Crippen molar-refractivity contribution in [3.63, 3.8) is 0 Å². The fraction of sp³-hybridized carbons (Fsp3) is 0.286. The van der Waals surface area contributed by atoms with Gasteiger partial charge in [0.25, 0.3) is 0 Å². The molecule has 2 rings (SSSR count). The average molecular weight is 276 g/mol. The third-order valence-corrected chi connectivity index (χ3v) is 3.50. The number of hydrogen-bond acceptors (Lipinski definition) is 5. The molecule has 0 saturated carbocycles. The highest BCUT2D eigenvalue weighted by Gasteiger charge is 2.16. The summed E-state index contributed by atoms with van der Waals surface area (Å²) in [6.07, 6.45) is 0. The first-order valence-corrected chi connectivity index (χ1v) is 6.87. The third-order valence-electron chi connectivity index (χ3n) is 2.65. The normalized spacial score (nSPS) is 10.3. The van der Waals surface area contributed by atoms with Crippen molar-refractivity contribution in [2.45, 2.75) is 20.8 Å². The third kappa shape index (κ3) is 2.93. The molecule has 0 atom stereocenters. The first kappa shape index (κ1) is 13.5. The van der Waals surface area contributed by atoms with Gasteiger partial charge in [0.1, 0.15) is 10.8 Å². The van der Waals surface area contributed by atoms with Gasteiger partial charge in [-0.3, -0.25) is 4.79 Å². The molecule has 0 aliphatic carbocycles.